The number of hydrogen-bond acceptors (Lipinski definition) is 7. The van der Waals surface area contributed by atoms with Crippen molar-refractivity contribution in [1.29, 1.82) is 0 Å². The van der Waals surface area contributed by atoms with E-state index in [1.165, 1.54) is 43.4 Å². The second-order valence-electron chi connectivity index (χ2n) is 12.4. The zero-order valence-electron chi connectivity index (χ0n) is 25.2. The largest absolute Gasteiger partial charge is 0.508 e. The van der Waals surface area contributed by atoms with Gasteiger partial charge >= 0.3 is 0 Å². The second kappa shape index (κ2) is 10.7. The Morgan fingerprint density at radius 2 is 1.54 bits per heavy atom. The molecular weight excluding hydrogens is 615 g/mol. The summed E-state index contributed by atoms with van der Waals surface area (Å²) >= 11 is 6.08. The van der Waals surface area contributed by atoms with Gasteiger partial charge in [0.15, 0.2) is 0 Å². The fourth-order valence-corrected chi connectivity index (χ4v) is 8.41. The average Bonchev–Trinajstić information content (AvgIpc) is 3.42. The Kier molecular flexibility index (Phi) is 6.97. The number of anilines is 2. The van der Waals surface area contributed by atoms with Crippen LogP contribution >= 0.6 is 11.6 Å². The number of phenolic OH excluding ortho intramolecular Hbond substituents is 1. The number of phenols is 1. The third kappa shape index (κ3) is 4.05. The molecule has 2 heterocycles. The monoisotopic (exact) mass is 644 g/mol. The molecule has 3 aromatic rings. The number of ether oxygens (including phenoxy) is 2. The number of hydrogen-bond donors (Lipinski definition) is 1. The molecule has 0 spiro atoms. The number of carbonyl (C=O) groups excluding carboxylic acids is 4. The van der Waals surface area contributed by atoms with Gasteiger partial charge < -0.3 is 14.6 Å². The van der Waals surface area contributed by atoms with Crippen molar-refractivity contribution in [1.82, 2.24) is 0 Å². The van der Waals surface area contributed by atoms with Crippen LogP contribution in [0.15, 0.2) is 72.3 Å². The Morgan fingerprint density at radius 3 is 2.17 bits per heavy atom. The van der Waals surface area contributed by atoms with Gasteiger partial charge in [-0.05, 0) is 56.0 Å². The van der Waals surface area contributed by atoms with Crippen LogP contribution in [0, 0.1) is 34.9 Å². The highest BCUT2D eigenvalue weighted by atomic mass is 35.5. The zero-order chi connectivity index (χ0) is 32.7. The first-order valence-electron chi connectivity index (χ1n) is 14.9. The summed E-state index contributed by atoms with van der Waals surface area (Å²) in [5, 5.41) is 10.2. The van der Waals surface area contributed by atoms with Gasteiger partial charge in [-0.15, -0.1) is 0 Å². The summed E-state index contributed by atoms with van der Waals surface area (Å²) in [6.07, 6.45) is 2.29. The number of para-hydroxylation sites is 1. The van der Waals surface area contributed by atoms with E-state index in [0.29, 0.717) is 11.3 Å². The van der Waals surface area contributed by atoms with Gasteiger partial charge in [0.2, 0.25) is 23.6 Å². The third-order valence-electron chi connectivity index (χ3n) is 10.3. The van der Waals surface area contributed by atoms with E-state index < -0.39 is 52.6 Å². The van der Waals surface area contributed by atoms with E-state index in [1.807, 2.05) is 6.08 Å². The van der Waals surface area contributed by atoms with Crippen LogP contribution in [0.1, 0.15) is 31.2 Å². The molecule has 46 heavy (non-hydrogen) atoms. The first kappa shape index (κ1) is 30.0. The minimum Gasteiger partial charge on any atom is -0.508 e. The number of methoxy groups -OCH3 is 2. The molecule has 4 amide bonds. The number of benzene rings is 3. The third-order valence-corrected chi connectivity index (χ3v) is 10.6. The highest BCUT2D eigenvalue weighted by molar-refractivity contribution is 6.32. The second-order valence-corrected chi connectivity index (χ2v) is 12.8. The van der Waals surface area contributed by atoms with Gasteiger partial charge in [-0.1, -0.05) is 41.4 Å². The summed E-state index contributed by atoms with van der Waals surface area (Å²) in [5.74, 6) is -5.87. The Hall–Kier alpha value is -4.70. The number of fused-ring (bicyclic) bond motifs is 4. The van der Waals surface area contributed by atoms with E-state index in [-0.39, 0.29) is 52.6 Å². The summed E-state index contributed by atoms with van der Waals surface area (Å²) in [6, 6.07) is 15.2. The van der Waals surface area contributed by atoms with Crippen molar-refractivity contribution in [3.63, 3.8) is 0 Å². The Balaban J connectivity index is 1.43. The fraction of sp³-hybridized carbons (Fsp3) is 0.314. The molecular formula is C35H30ClFN2O7. The lowest BCUT2D eigenvalue weighted by Crippen LogP contribution is -2.49. The Labute approximate surface area is 269 Å². The Morgan fingerprint density at radius 1 is 0.870 bits per heavy atom. The van der Waals surface area contributed by atoms with Crippen LogP contribution in [-0.2, 0) is 19.2 Å². The van der Waals surface area contributed by atoms with E-state index in [0.717, 1.165) is 16.5 Å². The molecule has 1 saturated carbocycles. The quantitative estimate of drug-likeness (QED) is 0.283. The molecule has 0 radical (unpaired) electrons. The Bertz CT molecular complexity index is 1840. The highest BCUT2D eigenvalue weighted by Gasteiger charge is 2.68. The van der Waals surface area contributed by atoms with Crippen molar-refractivity contribution < 1.29 is 38.1 Å². The normalized spacial score (nSPS) is 28.5. The van der Waals surface area contributed by atoms with E-state index in [9.17, 15) is 28.7 Å². The molecule has 3 fully saturated rings. The minimum absolute atomic E-state index is 0.123. The molecule has 0 bridgehead atoms. The van der Waals surface area contributed by atoms with Crippen molar-refractivity contribution in [2.45, 2.75) is 25.7 Å². The number of imide groups is 2. The van der Waals surface area contributed by atoms with Crippen LogP contribution in [0.3, 0.4) is 0 Å². The van der Waals surface area contributed by atoms with Crippen LogP contribution in [0.4, 0.5) is 15.8 Å². The predicted octanol–water partition coefficient (Wildman–Crippen LogP) is 5.64. The molecule has 9 nitrogen and oxygen atoms in total. The lowest BCUT2D eigenvalue weighted by molar-refractivity contribution is -0.131. The van der Waals surface area contributed by atoms with Crippen LogP contribution in [0.5, 0.6) is 17.2 Å². The first-order valence-corrected chi connectivity index (χ1v) is 15.3. The molecule has 2 saturated heterocycles. The molecule has 3 aromatic carbocycles. The van der Waals surface area contributed by atoms with E-state index in [1.54, 1.807) is 37.3 Å². The average molecular weight is 645 g/mol. The maximum absolute atomic E-state index is 14.7. The van der Waals surface area contributed by atoms with Gasteiger partial charge in [0.1, 0.15) is 23.1 Å². The summed E-state index contributed by atoms with van der Waals surface area (Å²) < 4.78 is 25.6. The van der Waals surface area contributed by atoms with Gasteiger partial charge in [0.25, 0.3) is 0 Å². The van der Waals surface area contributed by atoms with Gasteiger partial charge in [-0.25, -0.2) is 9.29 Å². The highest BCUT2D eigenvalue weighted by Crippen LogP contribution is 2.65. The van der Waals surface area contributed by atoms with Crippen molar-refractivity contribution in [2.75, 3.05) is 24.0 Å². The number of halogens is 2. The van der Waals surface area contributed by atoms with Gasteiger partial charge in [0.05, 0.1) is 53.8 Å². The molecule has 236 valence electrons. The number of amides is 4. The zero-order valence-corrected chi connectivity index (χ0v) is 26.0. The summed E-state index contributed by atoms with van der Waals surface area (Å²) in [6.45, 7) is 1.71. The number of aromatic hydroxyl groups is 1. The van der Waals surface area contributed by atoms with Crippen molar-refractivity contribution in [3.05, 3.63) is 88.7 Å². The number of carbonyl (C=O) groups is 4. The molecule has 6 atom stereocenters. The summed E-state index contributed by atoms with van der Waals surface area (Å²) in [4.78, 5) is 59.2. The maximum atomic E-state index is 14.7. The smallest absolute Gasteiger partial charge is 0.241 e. The molecule has 2 aliphatic carbocycles. The van der Waals surface area contributed by atoms with E-state index in [4.69, 9.17) is 21.1 Å². The standard InChI is InChI=1S/C35H30ClFN2O7/c1-35-23(32(42)39(34(35)44)18-9-12-25(37)24(36)13-18)16-22-20(30(35)29-26(45-2)14-19(40)15-27(29)46-3)10-11-21-28(22)33(43)38(31(21)41)17-7-5-4-6-8-17/h4-10,12-15,21-23,28,30,40H,11,16H2,1-3H3. The fourth-order valence-electron chi connectivity index (χ4n) is 8.23. The maximum Gasteiger partial charge on any atom is 0.241 e. The molecule has 7 rings (SSSR count). The molecule has 0 aromatic heterocycles. The first-order chi connectivity index (χ1) is 22.0. The van der Waals surface area contributed by atoms with Crippen molar-refractivity contribution >= 4 is 46.6 Å². The number of nitrogens with zero attached hydrogens (tertiary/aromatic N) is 2. The molecule has 4 aliphatic rings. The molecule has 11 heteroatoms. The van der Waals surface area contributed by atoms with Crippen LogP contribution in [0.25, 0.3) is 0 Å². The minimum atomic E-state index is -1.42. The number of rotatable bonds is 5. The lowest BCUT2D eigenvalue weighted by atomic mass is 9.51. The van der Waals surface area contributed by atoms with Gasteiger partial charge in [-0.3, -0.25) is 24.1 Å². The van der Waals surface area contributed by atoms with E-state index >= 15 is 0 Å². The molecule has 1 N–H and O–H groups in total. The van der Waals surface area contributed by atoms with Crippen molar-refractivity contribution in [3.8, 4) is 17.2 Å². The van der Waals surface area contributed by atoms with Crippen LogP contribution in [-0.4, -0.2) is 43.0 Å². The SMILES string of the molecule is COc1cc(O)cc(OC)c1C1C2=CCC3C(=O)N(c4ccccc4)C(=O)C3C2CC2C(=O)N(c3ccc(F)c(Cl)c3)C(=O)C21C. The predicted molar refractivity (Wildman–Crippen MR) is 166 cm³/mol. The van der Waals surface area contributed by atoms with Crippen LogP contribution < -0.4 is 19.3 Å². The molecule has 6 unspecified atom stereocenters. The summed E-state index contributed by atoms with van der Waals surface area (Å²) in [5.41, 5.74) is 0.326. The topological polar surface area (TPSA) is 113 Å². The van der Waals surface area contributed by atoms with Crippen molar-refractivity contribution in [2.24, 2.45) is 29.1 Å². The lowest BCUT2D eigenvalue weighted by Gasteiger charge is -2.49. The van der Waals surface area contributed by atoms with Gasteiger partial charge in [-0.2, -0.15) is 0 Å². The van der Waals surface area contributed by atoms with Crippen LogP contribution in [0.2, 0.25) is 5.02 Å². The molecule has 2 aliphatic heterocycles. The summed E-state index contributed by atoms with van der Waals surface area (Å²) in [7, 11) is 2.85. The number of allylic oxidation sites excluding steroid dienone is 2. The van der Waals surface area contributed by atoms with Gasteiger partial charge in [0, 0.05) is 23.6 Å². The van der Waals surface area contributed by atoms with E-state index in [2.05, 4.69) is 0 Å².